The first-order valence-corrected chi connectivity index (χ1v) is 13.5. The van der Waals surface area contributed by atoms with Crippen LogP contribution >= 0.6 is 0 Å². The summed E-state index contributed by atoms with van der Waals surface area (Å²) in [7, 11) is -1.68. The zero-order chi connectivity index (χ0) is 27.0. The second-order valence-electron chi connectivity index (χ2n) is 10.4. The molecule has 8 heteroatoms. The third kappa shape index (κ3) is 4.84. The number of fused-ring (bicyclic) bond motifs is 3. The van der Waals surface area contributed by atoms with Crippen molar-refractivity contribution in [2.75, 3.05) is 11.5 Å². The highest BCUT2D eigenvalue weighted by atomic mass is 16.5. The highest BCUT2D eigenvalue weighted by molar-refractivity contribution is 6.58. The van der Waals surface area contributed by atoms with Crippen molar-refractivity contribution in [1.82, 2.24) is 0 Å². The van der Waals surface area contributed by atoms with E-state index < -0.39 is 19.0 Å². The summed E-state index contributed by atoms with van der Waals surface area (Å²) >= 11 is 0. The minimum Gasteiger partial charge on any atom is -0.508 e. The van der Waals surface area contributed by atoms with Gasteiger partial charge in [0.1, 0.15) is 5.75 Å². The van der Waals surface area contributed by atoms with Gasteiger partial charge in [0.15, 0.2) is 0 Å². The molecule has 7 nitrogen and oxygen atoms in total. The summed E-state index contributed by atoms with van der Waals surface area (Å²) in [6.45, 7) is 4.64. The fourth-order valence-corrected chi connectivity index (χ4v) is 6.41. The van der Waals surface area contributed by atoms with Crippen molar-refractivity contribution in [3.8, 4) is 5.75 Å². The number of ether oxygens (including phenoxy) is 1. The zero-order valence-corrected chi connectivity index (χ0v) is 21.8. The Morgan fingerprint density at radius 3 is 2.58 bits per heavy atom. The van der Waals surface area contributed by atoms with Crippen LogP contribution in [0.1, 0.15) is 51.5 Å². The van der Waals surface area contributed by atoms with Gasteiger partial charge in [0.05, 0.1) is 30.2 Å². The quantitative estimate of drug-likeness (QED) is 0.282. The summed E-state index contributed by atoms with van der Waals surface area (Å²) in [5.74, 6) is -1.22. The Labute approximate surface area is 223 Å². The Morgan fingerprint density at radius 1 is 1.08 bits per heavy atom. The van der Waals surface area contributed by atoms with E-state index in [9.17, 15) is 24.7 Å². The van der Waals surface area contributed by atoms with Crippen molar-refractivity contribution in [1.29, 1.82) is 0 Å². The Balaban J connectivity index is 1.37. The standard InChI is InChI=1S/C30H34BNO6/c1-3-18(13-19-7-5-10-23(33)14-19)11-12-26-27-20(4-2)15-24-28(25(27)17-38-26)30(35)32(29(24)34)22-9-6-8-21(16-22)31(36)37/h5-10,13-14,16,24-26,28,33,36-37H,3-4,11-12,15,17H2,1-2H3/b18-13+/t24-,25+,26-,28-/m1/s1. The number of benzene rings is 2. The van der Waals surface area contributed by atoms with Gasteiger partial charge >= 0.3 is 7.12 Å². The number of phenolic OH excluding ortho intramolecular Hbond substituents is 1. The van der Waals surface area contributed by atoms with Gasteiger partial charge < -0.3 is 19.9 Å². The van der Waals surface area contributed by atoms with Crippen LogP contribution < -0.4 is 10.4 Å². The maximum Gasteiger partial charge on any atom is 0.488 e. The van der Waals surface area contributed by atoms with Crippen LogP contribution in [0.15, 0.2) is 65.3 Å². The predicted molar refractivity (Wildman–Crippen MR) is 147 cm³/mol. The van der Waals surface area contributed by atoms with Gasteiger partial charge in [-0.1, -0.05) is 55.3 Å². The minimum atomic E-state index is -1.68. The van der Waals surface area contributed by atoms with E-state index in [1.807, 2.05) is 12.1 Å². The van der Waals surface area contributed by atoms with Gasteiger partial charge in [-0.2, -0.15) is 0 Å². The molecule has 0 saturated carbocycles. The van der Waals surface area contributed by atoms with E-state index in [4.69, 9.17) is 4.74 Å². The number of amides is 2. The molecule has 5 rings (SSSR count). The molecule has 0 radical (unpaired) electrons. The molecule has 4 atom stereocenters. The lowest BCUT2D eigenvalue weighted by molar-refractivity contribution is -0.122. The lowest BCUT2D eigenvalue weighted by atomic mass is 9.69. The first-order chi connectivity index (χ1) is 18.3. The van der Waals surface area contributed by atoms with Gasteiger partial charge in [0.2, 0.25) is 11.8 Å². The third-order valence-electron chi connectivity index (χ3n) is 8.28. The number of nitrogens with zero attached hydrogens (tertiary/aromatic N) is 1. The van der Waals surface area contributed by atoms with Crippen LogP contribution in [0.5, 0.6) is 5.75 Å². The number of imide groups is 1. The zero-order valence-electron chi connectivity index (χ0n) is 21.8. The predicted octanol–water partition coefficient (Wildman–Crippen LogP) is 3.58. The van der Waals surface area contributed by atoms with Gasteiger partial charge in [0, 0.05) is 5.92 Å². The Kier molecular flexibility index (Phi) is 7.57. The molecule has 38 heavy (non-hydrogen) atoms. The van der Waals surface area contributed by atoms with Gasteiger partial charge in [-0.05, 0) is 73.0 Å². The van der Waals surface area contributed by atoms with Gasteiger partial charge in [-0.25, -0.2) is 0 Å². The number of carbonyl (C=O) groups excluding carboxylic acids is 2. The van der Waals surface area contributed by atoms with Crippen LogP contribution in [-0.2, 0) is 14.3 Å². The average molecular weight is 515 g/mol. The maximum absolute atomic E-state index is 13.7. The second kappa shape index (κ2) is 10.9. The molecule has 2 heterocycles. The molecule has 0 bridgehead atoms. The van der Waals surface area contributed by atoms with Gasteiger partial charge in [-0.15, -0.1) is 0 Å². The summed E-state index contributed by atoms with van der Waals surface area (Å²) in [5, 5.41) is 29.0. The van der Waals surface area contributed by atoms with Crippen molar-refractivity contribution < 1.29 is 29.5 Å². The molecule has 2 saturated heterocycles. The molecule has 198 valence electrons. The molecule has 2 fully saturated rings. The lowest BCUT2D eigenvalue weighted by Gasteiger charge is -2.31. The van der Waals surface area contributed by atoms with E-state index in [0.29, 0.717) is 18.7 Å². The maximum atomic E-state index is 13.7. The summed E-state index contributed by atoms with van der Waals surface area (Å²) in [4.78, 5) is 28.4. The van der Waals surface area contributed by atoms with Crippen LogP contribution in [0.4, 0.5) is 5.69 Å². The first kappa shape index (κ1) is 26.4. The van der Waals surface area contributed by atoms with Crippen LogP contribution in [0.2, 0.25) is 0 Å². The molecule has 0 aromatic heterocycles. The molecule has 2 aromatic rings. The van der Waals surface area contributed by atoms with E-state index in [1.54, 1.807) is 30.3 Å². The normalized spacial score (nSPS) is 25.2. The molecule has 0 unspecified atom stereocenters. The SMILES string of the molecule is CCC1=C2[C@@H](CC/C(=C/c3cccc(O)c3)CC)OC[C@@H]2[C@@H]2C(=O)N(c3cccc(B(O)O)c3)C(=O)[C@@H]2C1. The van der Waals surface area contributed by atoms with Crippen molar-refractivity contribution in [2.24, 2.45) is 17.8 Å². The average Bonchev–Trinajstić information content (AvgIpc) is 3.44. The monoisotopic (exact) mass is 515 g/mol. The van der Waals surface area contributed by atoms with E-state index >= 15 is 0 Å². The number of carbonyl (C=O) groups is 2. The van der Waals surface area contributed by atoms with Crippen molar-refractivity contribution >= 4 is 36.2 Å². The molecule has 3 N–H and O–H groups in total. The second-order valence-corrected chi connectivity index (χ2v) is 10.4. The fraction of sp³-hybridized carbons (Fsp3) is 0.400. The number of hydrogen-bond donors (Lipinski definition) is 3. The number of phenols is 1. The highest BCUT2D eigenvalue weighted by Gasteiger charge is 2.57. The molecule has 1 aliphatic carbocycles. The fourth-order valence-electron chi connectivity index (χ4n) is 6.41. The molecule has 0 spiro atoms. The van der Waals surface area contributed by atoms with Crippen molar-refractivity contribution in [3.05, 3.63) is 70.8 Å². The lowest BCUT2D eigenvalue weighted by Crippen LogP contribution is -2.35. The summed E-state index contributed by atoms with van der Waals surface area (Å²) in [6, 6.07) is 13.5. The Hall–Kier alpha value is -3.20. The molecule has 2 aliphatic heterocycles. The van der Waals surface area contributed by atoms with Gasteiger partial charge in [-0.3, -0.25) is 14.5 Å². The Morgan fingerprint density at radius 2 is 1.87 bits per heavy atom. The van der Waals surface area contributed by atoms with E-state index in [-0.39, 0.29) is 35.0 Å². The largest absolute Gasteiger partial charge is 0.508 e. The summed E-state index contributed by atoms with van der Waals surface area (Å²) in [6.07, 6.45) is 5.92. The molecule has 3 aliphatic rings. The highest BCUT2D eigenvalue weighted by Crippen LogP contribution is 2.51. The minimum absolute atomic E-state index is 0.0835. The van der Waals surface area contributed by atoms with Crippen molar-refractivity contribution in [3.63, 3.8) is 0 Å². The van der Waals surface area contributed by atoms with Crippen LogP contribution in [0.25, 0.3) is 6.08 Å². The number of anilines is 1. The van der Waals surface area contributed by atoms with E-state index in [1.165, 1.54) is 27.7 Å². The molecule has 2 amide bonds. The molecule has 2 aromatic carbocycles. The number of rotatable bonds is 8. The van der Waals surface area contributed by atoms with Crippen molar-refractivity contribution in [2.45, 2.75) is 52.1 Å². The van der Waals surface area contributed by atoms with E-state index in [0.717, 1.165) is 31.2 Å². The molecular weight excluding hydrogens is 481 g/mol. The summed E-state index contributed by atoms with van der Waals surface area (Å²) < 4.78 is 6.31. The smallest absolute Gasteiger partial charge is 0.488 e. The number of aromatic hydroxyl groups is 1. The van der Waals surface area contributed by atoms with Crippen LogP contribution in [0.3, 0.4) is 0 Å². The topological polar surface area (TPSA) is 107 Å². The number of hydrogen-bond acceptors (Lipinski definition) is 6. The van der Waals surface area contributed by atoms with Gasteiger partial charge in [0.25, 0.3) is 0 Å². The first-order valence-electron chi connectivity index (χ1n) is 13.5. The summed E-state index contributed by atoms with van der Waals surface area (Å²) in [5.41, 5.74) is 5.26. The Bertz CT molecular complexity index is 1300. The van der Waals surface area contributed by atoms with Crippen LogP contribution in [0, 0.1) is 17.8 Å². The number of allylic oxidation sites excluding steroid dienone is 2. The van der Waals surface area contributed by atoms with E-state index in [2.05, 4.69) is 19.9 Å². The molecular formula is C30H34BNO6. The van der Waals surface area contributed by atoms with Crippen LogP contribution in [-0.4, -0.2) is 46.8 Å². The third-order valence-corrected chi connectivity index (χ3v) is 8.28.